The molecular formula is C11H11N7S. The molecule has 19 heavy (non-hydrogen) atoms. The van der Waals surface area contributed by atoms with Crippen molar-refractivity contribution >= 4 is 17.3 Å². The van der Waals surface area contributed by atoms with Gasteiger partial charge in [0, 0.05) is 17.5 Å². The fraction of sp³-hybridized carbons (Fsp3) is 0.182. The normalized spacial score (nSPS) is 10.6. The second-order valence-corrected chi connectivity index (χ2v) is 4.45. The summed E-state index contributed by atoms with van der Waals surface area (Å²) in [7, 11) is 0. The minimum absolute atomic E-state index is 0.449. The zero-order chi connectivity index (χ0) is 13.1. The van der Waals surface area contributed by atoms with Gasteiger partial charge in [0.2, 0.25) is 5.95 Å². The monoisotopic (exact) mass is 273 g/mol. The van der Waals surface area contributed by atoms with Gasteiger partial charge in [-0.2, -0.15) is 36.1 Å². The first-order valence-electron chi connectivity index (χ1n) is 5.74. The molecular weight excluding hydrogens is 262 g/mol. The van der Waals surface area contributed by atoms with Crippen molar-refractivity contribution in [3.63, 3.8) is 0 Å². The average Bonchev–Trinajstić information content (AvgIpc) is 3.12. The molecule has 0 bridgehead atoms. The summed E-state index contributed by atoms with van der Waals surface area (Å²) in [6.07, 6.45) is 3.00. The van der Waals surface area contributed by atoms with E-state index in [0.717, 1.165) is 12.1 Å². The molecule has 0 radical (unpaired) electrons. The van der Waals surface area contributed by atoms with Crippen LogP contribution < -0.4 is 5.32 Å². The molecule has 0 spiro atoms. The summed E-state index contributed by atoms with van der Waals surface area (Å²) in [6, 6.07) is 1.97. The van der Waals surface area contributed by atoms with Crippen LogP contribution in [0.2, 0.25) is 0 Å². The number of rotatable bonds is 4. The van der Waals surface area contributed by atoms with Crippen molar-refractivity contribution in [2.24, 2.45) is 0 Å². The van der Waals surface area contributed by atoms with Crippen LogP contribution in [0.3, 0.4) is 0 Å². The number of anilines is 1. The molecule has 1 N–H and O–H groups in total. The second kappa shape index (κ2) is 5.11. The Balaban J connectivity index is 2.09. The zero-order valence-electron chi connectivity index (χ0n) is 10.2. The maximum Gasteiger partial charge on any atom is 0.257 e. The Morgan fingerprint density at radius 3 is 2.95 bits per heavy atom. The molecule has 8 heteroatoms. The first-order valence-corrected chi connectivity index (χ1v) is 6.68. The molecule has 0 saturated heterocycles. The third kappa shape index (κ3) is 2.43. The quantitative estimate of drug-likeness (QED) is 0.777. The SMILES string of the molecule is CCNc1nc(-c2ccsc2)nc(-n2cncn2)n1. The lowest BCUT2D eigenvalue weighted by Gasteiger charge is -2.06. The predicted molar refractivity (Wildman–Crippen MR) is 72.2 cm³/mol. The van der Waals surface area contributed by atoms with Crippen molar-refractivity contribution in [3.8, 4) is 17.3 Å². The highest BCUT2D eigenvalue weighted by molar-refractivity contribution is 7.08. The summed E-state index contributed by atoms with van der Waals surface area (Å²) >= 11 is 1.60. The first-order chi connectivity index (χ1) is 9.36. The van der Waals surface area contributed by atoms with Crippen molar-refractivity contribution in [2.45, 2.75) is 6.92 Å². The minimum Gasteiger partial charge on any atom is -0.354 e. The molecule has 0 amide bonds. The standard InChI is InChI=1S/C11H11N7S/c1-2-13-10-15-9(8-3-4-19-5-8)16-11(17-10)18-7-12-6-14-18/h3-7H,2H2,1H3,(H,13,15,16,17). The van der Waals surface area contributed by atoms with Gasteiger partial charge in [-0.05, 0) is 18.4 Å². The lowest BCUT2D eigenvalue weighted by molar-refractivity contribution is 0.797. The number of thiophene rings is 1. The van der Waals surface area contributed by atoms with Crippen LogP contribution in [-0.2, 0) is 0 Å². The van der Waals surface area contributed by atoms with Gasteiger partial charge >= 0.3 is 0 Å². The summed E-state index contributed by atoms with van der Waals surface area (Å²) in [5.41, 5.74) is 0.966. The van der Waals surface area contributed by atoms with Gasteiger partial charge in [-0.1, -0.05) is 0 Å². The largest absolute Gasteiger partial charge is 0.354 e. The first kappa shape index (κ1) is 11.7. The Bertz CT molecular complexity index is 595. The van der Waals surface area contributed by atoms with Gasteiger partial charge in [0.15, 0.2) is 5.82 Å². The molecule has 0 unspecified atom stereocenters. The number of hydrogen-bond acceptors (Lipinski definition) is 7. The molecule has 7 nitrogen and oxygen atoms in total. The van der Waals surface area contributed by atoms with Crippen LogP contribution in [-0.4, -0.2) is 36.3 Å². The van der Waals surface area contributed by atoms with Gasteiger partial charge in [-0.15, -0.1) is 0 Å². The highest BCUT2D eigenvalue weighted by Crippen LogP contribution is 2.19. The van der Waals surface area contributed by atoms with Gasteiger partial charge in [0.05, 0.1) is 0 Å². The fourth-order valence-electron chi connectivity index (χ4n) is 1.54. The third-order valence-corrected chi connectivity index (χ3v) is 3.04. The molecule has 96 valence electrons. The molecule has 0 aliphatic rings. The van der Waals surface area contributed by atoms with Crippen LogP contribution in [0, 0.1) is 0 Å². The molecule has 3 heterocycles. The lowest BCUT2D eigenvalue weighted by atomic mass is 10.3. The number of nitrogens with one attached hydrogen (secondary N) is 1. The van der Waals surface area contributed by atoms with Crippen molar-refractivity contribution in [1.82, 2.24) is 29.7 Å². The van der Waals surface area contributed by atoms with Gasteiger partial charge in [0.25, 0.3) is 5.95 Å². The Kier molecular flexibility index (Phi) is 3.15. The highest BCUT2D eigenvalue weighted by Gasteiger charge is 2.10. The summed E-state index contributed by atoms with van der Waals surface area (Å²) < 4.78 is 1.51. The maximum absolute atomic E-state index is 4.41. The summed E-state index contributed by atoms with van der Waals surface area (Å²) in [5, 5.41) is 11.1. The highest BCUT2D eigenvalue weighted by atomic mass is 32.1. The van der Waals surface area contributed by atoms with E-state index in [2.05, 4.69) is 30.4 Å². The zero-order valence-corrected chi connectivity index (χ0v) is 11.0. The average molecular weight is 273 g/mol. The van der Waals surface area contributed by atoms with Gasteiger partial charge in [-0.3, -0.25) is 0 Å². The van der Waals surface area contributed by atoms with Crippen LogP contribution in [0.25, 0.3) is 17.3 Å². The van der Waals surface area contributed by atoms with Crippen LogP contribution in [0.1, 0.15) is 6.92 Å². The topological polar surface area (TPSA) is 81.4 Å². The summed E-state index contributed by atoms with van der Waals surface area (Å²) in [6.45, 7) is 2.73. The number of aromatic nitrogens is 6. The Labute approximate surface area is 113 Å². The summed E-state index contributed by atoms with van der Waals surface area (Å²) in [5.74, 6) is 1.60. The molecule has 3 aromatic heterocycles. The molecule has 0 saturated carbocycles. The summed E-state index contributed by atoms with van der Waals surface area (Å²) in [4.78, 5) is 17.0. The van der Waals surface area contributed by atoms with E-state index in [1.165, 1.54) is 11.0 Å². The molecule has 0 fully saturated rings. The predicted octanol–water partition coefficient (Wildman–Crippen LogP) is 1.61. The van der Waals surface area contributed by atoms with Crippen molar-refractivity contribution in [1.29, 1.82) is 0 Å². The Morgan fingerprint density at radius 1 is 1.32 bits per heavy atom. The van der Waals surface area contributed by atoms with E-state index in [4.69, 9.17) is 0 Å². The molecule has 3 aromatic rings. The van der Waals surface area contributed by atoms with Gasteiger partial charge < -0.3 is 5.32 Å². The minimum atomic E-state index is 0.449. The molecule has 3 rings (SSSR count). The molecule has 0 atom stereocenters. The molecule has 0 aliphatic carbocycles. The van der Waals surface area contributed by atoms with Crippen LogP contribution in [0.4, 0.5) is 5.95 Å². The van der Waals surface area contributed by atoms with Crippen LogP contribution in [0.5, 0.6) is 0 Å². The van der Waals surface area contributed by atoms with E-state index in [0.29, 0.717) is 17.7 Å². The fourth-order valence-corrected chi connectivity index (χ4v) is 2.17. The Hall–Kier alpha value is -2.35. The van der Waals surface area contributed by atoms with Gasteiger partial charge in [0.1, 0.15) is 12.7 Å². The van der Waals surface area contributed by atoms with Crippen LogP contribution in [0.15, 0.2) is 29.5 Å². The van der Waals surface area contributed by atoms with E-state index < -0.39 is 0 Å². The van der Waals surface area contributed by atoms with Crippen molar-refractivity contribution in [3.05, 3.63) is 29.5 Å². The Morgan fingerprint density at radius 2 is 2.26 bits per heavy atom. The van der Waals surface area contributed by atoms with Crippen molar-refractivity contribution < 1.29 is 0 Å². The van der Waals surface area contributed by atoms with E-state index in [9.17, 15) is 0 Å². The number of nitrogens with zero attached hydrogens (tertiary/aromatic N) is 6. The second-order valence-electron chi connectivity index (χ2n) is 3.67. The van der Waals surface area contributed by atoms with E-state index >= 15 is 0 Å². The lowest BCUT2D eigenvalue weighted by Crippen LogP contribution is -2.09. The molecule has 0 aromatic carbocycles. The van der Waals surface area contributed by atoms with Gasteiger partial charge in [-0.25, -0.2) is 4.98 Å². The van der Waals surface area contributed by atoms with Crippen LogP contribution >= 0.6 is 11.3 Å². The van der Waals surface area contributed by atoms with E-state index in [1.54, 1.807) is 17.7 Å². The number of hydrogen-bond donors (Lipinski definition) is 1. The van der Waals surface area contributed by atoms with E-state index in [1.807, 2.05) is 23.8 Å². The smallest absolute Gasteiger partial charge is 0.257 e. The molecule has 0 aliphatic heterocycles. The maximum atomic E-state index is 4.41. The van der Waals surface area contributed by atoms with E-state index in [-0.39, 0.29) is 0 Å². The third-order valence-electron chi connectivity index (χ3n) is 2.36. The van der Waals surface area contributed by atoms with Crippen molar-refractivity contribution in [2.75, 3.05) is 11.9 Å².